The molecule has 1 aromatic carbocycles. The zero-order valence-electron chi connectivity index (χ0n) is 18.4. The van der Waals surface area contributed by atoms with Crippen LogP contribution >= 0.6 is 11.3 Å². The summed E-state index contributed by atoms with van der Waals surface area (Å²) in [5, 5.41) is 0.431. The van der Waals surface area contributed by atoms with E-state index in [1.54, 1.807) is 32.5 Å². The Kier molecular flexibility index (Phi) is 6.50. The minimum atomic E-state index is -0.420. The van der Waals surface area contributed by atoms with E-state index in [9.17, 15) is 4.79 Å². The number of hydrogen-bond donors (Lipinski definition) is 0. The first kappa shape index (κ1) is 22.2. The highest BCUT2D eigenvalue weighted by molar-refractivity contribution is 7.22. The fraction of sp³-hybridized carbons (Fsp3) is 0.227. The fourth-order valence-corrected chi connectivity index (χ4v) is 4.19. The molecule has 0 saturated heterocycles. The van der Waals surface area contributed by atoms with Crippen LogP contribution in [-0.4, -0.2) is 54.3 Å². The van der Waals surface area contributed by atoms with Crippen LogP contribution < -0.4 is 23.8 Å². The summed E-state index contributed by atoms with van der Waals surface area (Å²) < 4.78 is 22.0. The van der Waals surface area contributed by atoms with Gasteiger partial charge in [-0.15, -0.1) is 0 Å². The molecule has 11 heteroatoms. The second-order valence-corrected chi connectivity index (χ2v) is 7.62. The first-order valence-corrected chi connectivity index (χ1v) is 10.6. The molecule has 0 bridgehead atoms. The van der Waals surface area contributed by atoms with E-state index in [-0.39, 0.29) is 24.1 Å². The predicted octanol–water partition coefficient (Wildman–Crippen LogP) is 3.36. The number of pyridine rings is 1. The molecule has 4 aromatic rings. The molecule has 170 valence electrons. The number of rotatable bonds is 8. The second-order valence-electron chi connectivity index (χ2n) is 6.64. The van der Waals surface area contributed by atoms with Gasteiger partial charge in [0.15, 0.2) is 5.13 Å². The van der Waals surface area contributed by atoms with Crippen molar-refractivity contribution in [1.29, 1.82) is 0 Å². The Labute approximate surface area is 193 Å². The Morgan fingerprint density at radius 1 is 0.939 bits per heavy atom. The van der Waals surface area contributed by atoms with Gasteiger partial charge in [0.25, 0.3) is 5.91 Å². The van der Waals surface area contributed by atoms with Crippen molar-refractivity contribution in [3.8, 4) is 23.4 Å². The van der Waals surface area contributed by atoms with Gasteiger partial charge in [0.2, 0.25) is 5.88 Å². The van der Waals surface area contributed by atoms with Gasteiger partial charge < -0.3 is 18.9 Å². The van der Waals surface area contributed by atoms with Crippen molar-refractivity contribution in [1.82, 2.24) is 19.9 Å². The van der Waals surface area contributed by atoms with Crippen LogP contribution in [0.5, 0.6) is 23.4 Å². The Balaban J connectivity index is 1.85. The van der Waals surface area contributed by atoms with Crippen LogP contribution in [0.1, 0.15) is 16.2 Å². The normalized spacial score (nSPS) is 10.7. The molecule has 1 amide bonds. The number of carbonyl (C=O) groups is 1. The molecule has 0 radical (unpaired) electrons. The van der Waals surface area contributed by atoms with E-state index in [2.05, 4.69) is 15.0 Å². The maximum Gasteiger partial charge on any atom is 0.320 e. The van der Waals surface area contributed by atoms with Crippen molar-refractivity contribution >= 4 is 32.6 Å². The van der Waals surface area contributed by atoms with Crippen LogP contribution in [0, 0.1) is 0 Å². The van der Waals surface area contributed by atoms with Crippen LogP contribution in [0.25, 0.3) is 10.2 Å². The SMILES string of the molecule is COc1cc(C(=O)N(Cc2ccccn2)c2nc3c(OC)ccc(OC)c3s2)nc(OC)n1. The van der Waals surface area contributed by atoms with Crippen molar-refractivity contribution in [2.45, 2.75) is 6.54 Å². The molecule has 0 aliphatic carbocycles. The van der Waals surface area contributed by atoms with Gasteiger partial charge in [-0.25, -0.2) is 4.98 Å². The number of thiazole rings is 1. The van der Waals surface area contributed by atoms with E-state index in [0.29, 0.717) is 27.8 Å². The number of fused-ring (bicyclic) bond motifs is 1. The predicted molar refractivity (Wildman–Crippen MR) is 123 cm³/mol. The van der Waals surface area contributed by atoms with Crippen molar-refractivity contribution < 1.29 is 23.7 Å². The Hall–Kier alpha value is -3.99. The van der Waals surface area contributed by atoms with Gasteiger partial charge in [-0.3, -0.25) is 14.7 Å². The summed E-state index contributed by atoms with van der Waals surface area (Å²) in [7, 11) is 6.02. The lowest BCUT2D eigenvalue weighted by atomic mass is 10.3. The lowest BCUT2D eigenvalue weighted by Gasteiger charge is -2.19. The topological polar surface area (TPSA) is 109 Å². The molecule has 0 unspecified atom stereocenters. The molecule has 10 nitrogen and oxygen atoms in total. The molecule has 0 aliphatic heterocycles. The van der Waals surface area contributed by atoms with Crippen molar-refractivity contribution in [3.63, 3.8) is 0 Å². The quantitative estimate of drug-likeness (QED) is 0.385. The average Bonchev–Trinajstić information content (AvgIpc) is 3.31. The number of benzene rings is 1. The first-order valence-electron chi connectivity index (χ1n) is 9.78. The molecular formula is C22H21N5O5S. The molecule has 0 fully saturated rings. The molecule has 3 heterocycles. The van der Waals surface area contributed by atoms with Gasteiger partial charge in [-0.05, 0) is 24.3 Å². The maximum absolute atomic E-state index is 13.7. The second kappa shape index (κ2) is 9.65. The summed E-state index contributed by atoms with van der Waals surface area (Å²) in [6, 6.07) is 10.5. The Morgan fingerprint density at radius 3 is 2.39 bits per heavy atom. The number of nitrogens with zero attached hydrogens (tertiary/aromatic N) is 5. The lowest BCUT2D eigenvalue weighted by Crippen LogP contribution is -2.31. The average molecular weight is 468 g/mol. The highest BCUT2D eigenvalue weighted by Crippen LogP contribution is 2.40. The highest BCUT2D eigenvalue weighted by atomic mass is 32.1. The molecule has 0 spiro atoms. The number of ether oxygens (including phenoxy) is 4. The highest BCUT2D eigenvalue weighted by Gasteiger charge is 2.26. The van der Waals surface area contributed by atoms with Crippen LogP contribution in [0.3, 0.4) is 0 Å². The summed E-state index contributed by atoms with van der Waals surface area (Å²) in [4.78, 5) is 32.5. The van der Waals surface area contributed by atoms with E-state index in [1.165, 1.54) is 36.5 Å². The van der Waals surface area contributed by atoms with Gasteiger partial charge in [0.1, 0.15) is 27.4 Å². The van der Waals surface area contributed by atoms with Gasteiger partial charge in [0.05, 0.1) is 40.7 Å². The van der Waals surface area contributed by atoms with Gasteiger partial charge in [-0.2, -0.15) is 9.97 Å². The van der Waals surface area contributed by atoms with Gasteiger partial charge in [0, 0.05) is 12.3 Å². The number of aromatic nitrogens is 4. The number of methoxy groups -OCH3 is 4. The van der Waals surface area contributed by atoms with Crippen LogP contribution in [0.4, 0.5) is 5.13 Å². The molecule has 3 aromatic heterocycles. The van der Waals surface area contributed by atoms with E-state index in [0.717, 1.165) is 4.70 Å². The Morgan fingerprint density at radius 2 is 1.73 bits per heavy atom. The number of carbonyl (C=O) groups excluding carboxylic acids is 1. The first-order chi connectivity index (χ1) is 16.1. The van der Waals surface area contributed by atoms with E-state index < -0.39 is 5.91 Å². The van der Waals surface area contributed by atoms with Crippen molar-refractivity contribution in [2.75, 3.05) is 33.3 Å². The maximum atomic E-state index is 13.7. The summed E-state index contributed by atoms with van der Waals surface area (Å²) >= 11 is 1.30. The van der Waals surface area contributed by atoms with Gasteiger partial charge in [-0.1, -0.05) is 17.4 Å². The minimum Gasteiger partial charge on any atom is -0.495 e. The molecule has 0 aliphatic rings. The summed E-state index contributed by atoms with van der Waals surface area (Å²) in [6.45, 7) is 0.165. The van der Waals surface area contributed by atoms with E-state index in [4.69, 9.17) is 23.9 Å². The third-order valence-electron chi connectivity index (χ3n) is 4.71. The molecular weight excluding hydrogens is 446 g/mol. The number of anilines is 1. The van der Waals surface area contributed by atoms with Crippen molar-refractivity contribution in [3.05, 3.63) is 54.0 Å². The van der Waals surface area contributed by atoms with Crippen molar-refractivity contribution in [2.24, 2.45) is 0 Å². The van der Waals surface area contributed by atoms with Crippen LogP contribution in [0.2, 0.25) is 0 Å². The zero-order valence-corrected chi connectivity index (χ0v) is 19.3. The molecule has 33 heavy (non-hydrogen) atoms. The zero-order chi connectivity index (χ0) is 23.4. The fourth-order valence-electron chi connectivity index (χ4n) is 3.12. The van der Waals surface area contributed by atoms with Crippen LogP contribution in [0.15, 0.2) is 42.6 Å². The lowest BCUT2D eigenvalue weighted by molar-refractivity contribution is 0.0978. The monoisotopic (exact) mass is 467 g/mol. The largest absolute Gasteiger partial charge is 0.495 e. The smallest absolute Gasteiger partial charge is 0.320 e. The third kappa shape index (κ3) is 4.48. The minimum absolute atomic E-state index is 0.0168. The van der Waals surface area contributed by atoms with Crippen LogP contribution in [-0.2, 0) is 6.54 Å². The summed E-state index contributed by atoms with van der Waals surface area (Å²) in [6.07, 6.45) is 1.67. The van der Waals surface area contributed by atoms with E-state index in [1.807, 2.05) is 18.2 Å². The summed E-state index contributed by atoms with van der Waals surface area (Å²) in [5.74, 6) is 0.987. The molecule has 0 atom stereocenters. The Bertz CT molecular complexity index is 1220. The molecule has 0 saturated carbocycles. The molecule has 4 rings (SSSR count). The molecule has 0 N–H and O–H groups in total. The summed E-state index contributed by atoms with van der Waals surface area (Å²) in [5.41, 5.74) is 1.36. The number of hydrogen-bond acceptors (Lipinski definition) is 10. The van der Waals surface area contributed by atoms with Gasteiger partial charge >= 0.3 is 6.01 Å². The third-order valence-corrected chi connectivity index (χ3v) is 5.81. The number of amides is 1. The standard InChI is InChI=1S/C22H21N5O5S/c1-29-15-8-9-16(30-2)19-18(15)26-22(33-19)27(12-13-7-5-6-10-23-13)20(28)14-11-17(31-3)25-21(24-14)32-4/h5-11H,12H2,1-4H3. The van der Waals surface area contributed by atoms with E-state index >= 15 is 0 Å².